The second-order valence-electron chi connectivity index (χ2n) is 8.11. The fourth-order valence-electron chi connectivity index (χ4n) is 3.92. The Morgan fingerprint density at radius 3 is 2.46 bits per heavy atom. The van der Waals surface area contributed by atoms with Crippen LogP contribution in [0.3, 0.4) is 0 Å². The largest absolute Gasteiger partial charge is 0.378 e. The number of carbonyl (C=O) groups excluding carboxylic acids is 1. The van der Waals surface area contributed by atoms with Gasteiger partial charge in [0.2, 0.25) is 0 Å². The highest BCUT2D eigenvalue weighted by molar-refractivity contribution is 7.80. The number of nitro groups is 1. The number of morpholine rings is 1. The minimum atomic E-state index is -0.596. The van der Waals surface area contributed by atoms with Crippen molar-refractivity contribution >= 4 is 62.9 Å². The molecular weight excluding hydrogens is 518 g/mol. The molecule has 3 aromatic carbocycles. The van der Waals surface area contributed by atoms with E-state index in [-0.39, 0.29) is 16.4 Å². The van der Waals surface area contributed by atoms with E-state index in [1.54, 1.807) is 18.2 Å². The normalized spacial score (nSPS) is 13.4. The summed E-state index contributed by atoms with van der Waals surface area (Å²) in [5.41, 5.74) is 2.74. The summed E-state index contributed by atoms with van der Waals surface area (Å²) in [6.07, 6.45) is 0. The fourth-order valence-corrected chi connectivity index (χ4v) is 4.33. The molecule has 13 heteroatoms. The van der Waals surface area contributed by atoms with Gasteiger partial charge in [0.05, 0.1) is 34.5 Å². The quantitative estimate of drug-likeness (QED) is 0.221. The number of halogens is 1. The standard InChI is InChI=1S/C24H20ClN7O4S/c25-17-13-19-20(29-31(28-19)16-4-2-1-3-5-16)14-18(17)26-24(37)27-23(33)15-6-7-21(22(12-15)32(34)35)30-8-10-36-11-9-30/h1-7,12-14H,8-11H2,(H2,26,27,33,37). The molecule has 2 heterocycles. The number of nitrogens with zero attached hydrogens (tertiary/aromatic N) is 5. The minimum absolute atomic E-state index is 0.0263. The van der Waals surface area contributed by atoms with Crippen LogP contribution in [0.1, 0.15) is 10.4 Å². The highest BCUT2D eigenvalue weighted by atomic mass is 35.5. The molecule has 0 spiro atoms. The first-order valence-corrected chi connectivity index (χ1v) is 12.0. The SMILES string of the molecule is O=C(NC(=S)Nc1cc2nn(-c3ccccc3)nc2cc1Cl)c1ccc(N2CCOCC2)c([N+](=O)[O-])c1. The maximum Gasteiger partial charge on any atom is 0.293 e. The number of ether oxygens (including phenoxy) is 1. The topological polar surface area (TPSA) is 127 Å². The van der Waals surface area contributed by atoms with Gasteiger partial charge in [-0.05, 0) is 48.6 Å². The van der Waals surface area contributed by atoms with E-state index in [4.69, 9.17) is 28.6 Å². The van der Waals surface area contributed by atoms with Crippen LogP contribution in [0.15, 0.2) is 60.7 Å². The van der Waals surface area contributed by atoms with Crippen LogP contribution in [0, 0.1) is 10.1 Å². The molecule has 0 unspecified atom stereocenters. The summed E-state index contributed by atoms with van der Waals surface area (Å²) in [5.74, 6) is -0.596. The van der Waals surface area contributed by atoms with E-state index in [2.05, 4.69) is 20.8 Å². The molecule has 1 saturated heterocycles. The lowest BCUT2D eigenvalue weighted by molar-refractivity contribution is -0.384. The van der Waals surface area contributed by atoms with Crippen molar-refractivity contribution < 1.29 is 14.5 Å². The number of hydrogen-bond acceptors (Lipinski definition) is 8. The van der Waals surface area contributed by atoms with Gasteiger partial charge in [0.1, 0.15) is 16.7 Å². The van der Waals surface area contributed by atoms with Crippen LogP contribution in [0.25, 0.3) is 16.7 Å². The van der Waals surface area contributed by atoms with Gasteiger partial charge in [0, 0.05) is 24.7 Å². The molecule has 0 bridgehead atoms. The number of carbonyl (C=O) groups is 1. The Morgan fingerprint density at radius 2 is 1.76 bits per heavy atom. The van der Waals surface area contributed by atoms with Gasteiger partial charge in [-0.25, -0.2) is 0 Å². The van der Waals surface area contributed by atoms with Gasteiger partial charge in [0.15, 0.2) is 5.11 Å². The maximum atomic E-state index is 12.8. The second kappa shape index (κ2) is 10.5. The van der Waals surface area contributed by atoms with Crippen LogP contribution in [-0.4, -0.2) is 57.2 Å². The predicted molar refractivity (Wildman–Crippen MR) is 144 cm³/mol. The van der Waals surface area contributed by atoms with E-state index in [1.165, 1.54) is 16.9 Å². The third-order valence-corrected chi connectivity index (χ3v) is 6.23. The van der Waals surface area contributed by atoms with E-state index in [0.29, 0.717) is 53.7 Å². The summed E-state index contributed by atoms with van der Waals surface area (Å²) in [4.78, 5) is 27.4. The molecule has 5 rings (SSSR count). The van der Waals surface area contributed by atoms with Crippen LogP contribution in [0.4, 0.5) is 17.1 Å². The van der Waals surface area contributed by atoms with Crippen molar-refractivity contribution in [1.82, 2.24) is 20.3 Å². The van der Waals surface area contributed by atoms with Crippen LogP contribution < -0.4 is 15.5 Å². The Balaban J connectivity index is 1.31. The first kappa shape index (κ1) is 24.6. The van der Waals surface area contributed by atoms with E-state index >= 15 is 0 Å². The first-order chi connectivity index (χ1) is 17.9. The number of anilines is 2. The van der Waals surface area contributed by atoms with Crippen LogP contribution in [0.5, 0.6) is 0 Å². The third-order valence-electron chi connectivity index (χ3n) is 5.72. The van der Waals surface area contributed by atoms with E-state index in [1.807, 2.05) is 35.2 Å². The molecule has 1 aliphatic rings. The molecule has 0 saturated carbocycles. The number of thiocarbonyl (C=S) groups is 1. The summed E-state index contributed by atoms with van der Waals surface area (Å²) in [6, 6.07) is 17.1. The molecule has 0 radical (unpaired) electrons. The van der Waals surface area contributed by atoms with Gasteiger partial charge in [-0.2, -0.15) is 4.80 Å². The zero-order valence-electron chi connectivity index (χ0n) is 19.3. The molecule has 1 amide bonds. The van der Waals surface area contributed by atoms with Gasteiger partial charge < -0.3 is 15.0 Å². The summed E-state index contributed by atoms with van der Waals surface area (Å²) in [6.45, 7) is 2.03. The first-order valence-electron chi connectivity index (χ1n) is 11.2. The smallest absolute Gasteiger partial charge is 0.293 e. The number of para-hydroxylation sites is 1. The summed E-state index contributed by atoms with van der Waals surface area (Å²) < 4.78 is 5.31. The number of hydrogen-bond donors (Lipinski definition) is 2. The van der Waals surface area contributed by atoms with Gasteiger partial charge in [0.25, 0.3) is 11.6 Å². The molecular formula is C24H20ClN7O4S. The molecule has 37 heavy (non-hydrogen) atoms. The summed E-state index contributed by atoms with van der Waals surface area (Å²) in [5, 5.41) is 26.3. The fraction of sp³-hybridized carbons (Fsp3) is 0.167. The van der Waals surface area contributed by atoms with Crippen molar-refractivity contribution in [2.75, 3.05) is 36.5 Å². The Kier molecular flexibility index (Phi) is 6.95. The molecule has 2 N–H and O–H groups in total. The van der Waals surface area contributed by atoms with Crippen LogP contribution >= 0.6 is 23.8 Å². The monoisotopic (exact) mass is 537 g/mol. The number of nitrogens with one attached hydrogen (secondary N) is 2. The zero-order chi connectivity index (χ0) is 25.9. The third kappa shape index (κ3) is 5.35. The summed E-state index contributed by atoms with van der Waals surface area (Å²) >= 11 is 11.7. The molecule has 188 valence electrons. The Bertz CT molecular complexity index is 1510. The minimum Gasteiger partial charge on any atom is -0.378 e. The Hall–Kier alpha value is -4.13. The lowest BCUT2D eigenvalue weighted by Gasteiger charge is -2.28. The van der Waals surface area contributed by atoms with Gasteiger partial charge in [-0.15, -0.1) is 10.2 Å². The van der Waals surface area contributed by atoms with Crippen molar-refractivity contribution in [3.05, 3.63) is 81.4 Å². The molecule has 1 aliphatic heterocycles. The maximum absolute atomic E-state index is 12.8. The lowest BCUT2D eigenvalue weighted by atomic mass is 10.1. The molecule has 1 aromatic heterocycles. The average Bonchev–Trinajstić information content (AvgIpc) is 3.32. The highest BCUT2D eigenvalue weighted by Crippen LogP contribution is 2.30. The van der Waals surface area contributed by atoms with Crippen molar-refractivity contribution in [2.24, 2.45) is 0 Å². The van der Waals surface area contributed by atoms with Gasteiger partial charge >= 0.3 is 0 Å². The predicted octanol–water partition coefficient (Wildman–Crippen LogP) is 3.95. The van der Waals surface area contributed by atoms with Crippen LogP contribution in [0.2, 0.25) is 5.02 Å². The van der Waals surface area contributed by atoms with E-state index < -0.39 is 10.8 Å². The van der Waals surface area contributed by atoms with Crippen LogP contribution in [-0.2, 0) is 4.74 Å². The van der Waals surface area contributed by atoms with E-state index in [0.717, 1.165) is 5.69 Å². The second-order valence-corrected chi connectivity index (χ2v) is 8.93. The lowest BCUT2D eigenvalue weighted by Crippen LogP contribution is -2.37. The number of nitro benzene ring substituents is 1. The molecule has 0 atom stereocenters. The number of fused-ring (bicyclic) bond motifs is 1. The molecule has 11 nitrogen and oxygen atoms in total. The number of rotatable bonds is 5. The number of amides is 1. The van der Waals surface area contributed by atoms with Gasteiger partial charge in [-0.1, -0.05) is 29.8 Å². The Morgan fingerprint density at radius 1 is 1.05 bits per heavy atom. The molecule has 1 fully saturated rings. The van der Waals surface area contributed by atoms with E-state index in [9.17, 15) is 14.9 Å². The molecule has 4 aromatic rings. The average molecular weight is 538 g/mol. The van der Waals surface area contributed by atoms with Crippen molar-refractivity contribution in [2.45, 2.75) is 0 Å². The van der Waals surface area contributed by atoms with Gasteiger partial charge in [-0.3, -0.25) is 20.2 Å². The van der Waals surface area contributed by atoms with Crippen molar-refractivity contribution in [3.8, 4) is 5.69 Å². The summed E-state index contributed by atoms with van der Waals surface area (Å²) in [7, 11) is 0. The Labute approximate surface area is 221 Å². The molecule has 0 aliphatic carbocycles. The van der Waals surface area contributed by atoms with Crippen molar-refractivity contribution in [3.63, 3.8) is 0 Å². The number of benzene rings is 3. The zero-order valence-corrected chi connectivity index (χ0v) is 20.8. The number of aromatic nitrogens is 3. The highest BCUT2D eigenvalue weighted by Gasteiger charge is 2.23. The van der Waals surface area contributed by atoms with Crippen molar-refractivity contribution in [1.29, 1.82) is 0 Å².